The molecule has 80 valence electrons. The van der Waals surface area contributed by atoms with E-state index in [1.54, 1.807) is 0 Å². The third-order valence-corrected chi connectivity index (χ3v) is 4.54. The van der Waals surface area contributed by atoms with Crippen molar-refractivity contribution in [2.75, 3.05) is 0 Å². The van der Waals surface area contributed by atoms with Crippen LogP contribution in [0.1, 0.15) is 0 Å². The summed E-state index contributed by atoms with van der Waals surface area (Å²) in [5.74, 6) is 0. The number of aromatic nitrogens is 2. The summed E-state index contributed by atoms with van der Waals surface area (Å²) < 4.78 is 29.7. The van der Waals surface area contributed by atoms with Gasteiger partial charge in [0.15, 0.2) is 0 Å². The van der Waals surface area contributed by atoms with Gasteiger partial charge in [-0.2, -0.15) is 0 Å². The number of hydrogen-bond acceptors (Lipinski definition) is 2. The molecule has 8 heteroatoms. The summed E-state index contributed by atoms with van der Waals surface area (Å²) in [5, 5.41) is 0.366. The summed E-state index contributed by atoms with van der Waals surface area (Å²) >= 11 is 5.73. The van der Waals surface area contributed by atoms with Gasteiger partial charge in [-0.3, -0.25) is 0 Å². The first-order chi connectivity index (χ1) is 6.89. The molecule has 2 rings (SSSR count). The zero-order valence-corrected chi connectivity index (χ0v) is 10.6. The van der Waals surface area contributed by atoms with Gasteiger partial charge in [0.05, 0.1) is 0 Å². The molecule has 5 nitrogen and oxygen atoms in total. The second-order valence-corrected chi connectivity index (χ2v) is 7.05. The Morgan fingerprint density at radius 1 is 1.27 bits per heavy atom. The topological polar surface area (TPSA) is 89.1 Å². The Labute approximate surface area is 97.1 Å². The molecule has 0 fully saturated rings. The Balaban J connectivity index is 2.95. The van der Waals surface area contributed by atoms with E-state index < -0.39 is 14.2 Å². The molecule has 0 aliphatic carbocycles. The summed E-state index contributed by atoms with van der Waals surface area (Å²) in [6, 6.07) is 2.74. The Morgan fingerprint density at radius 3 is 2.47 bits per heavy atom. The minimum atomic E-state index is -4.95. The van der Waals surface area contributed by atoms with Gasteiger partial charge in [-0.05, 0) is 0 Å². The molecular formula is C7H6AsClN2O3S. The number of nitrogens with one attached hydrogen (secondary N) is 2. The Hall–Kier alpha value is -0.522. The van der Waals surface area contributed by atoms with E-state index in [1.807, 2.05) is 0 Å². The summed E-state index contributed by atoms with van der Waals surface area (Å²) in [6.07, 6.45) is 0. The van der Waals surface area contributed by atoms with Crippen LogP contribution in [0.3, 0.4) is 0 Å². The number of fused-ring (bicyclic) bond motifs is 1. The predicted molar refractivity (Wildman–Crippen MR) is 59.0 cm³/mol. The summed E-state index contributed by atoms with van der Waals surface area (Å²) in [7, 11) is 0. The minimum absolute atomic E-state index is 0.0557. The predicted octanol–water partition coefficient (Wildman–Crippen LogP) is 0.440. The average molecular weight is 309 g/mol. The third kappa shape index (κ3) is 1.91. The molecule has 0 saturated carbocycles. The van der Waals surface area contributed by atoms with Gasteiger partial charge in [0.1, 0.15) is 0 Å². The monoisotopic (exact) mass is 308 g/mol. The molecule has 0 atom stereocenters. The van der Waals surface area contributed by atoms with Crippen LogP contribution >= 0.6 is 23.8 Å². The zero-order valence-electron chi connectivity index (χ0n) is 7.19. The first kappa shape index (κ1) is 11.0. The first-order valence-corrected chi connectivity index (χ1v) is 8.03. The van der Waals surface area contributed by atoms with E-state index in [9.17, 15) is 3.74 Å². The molecule has 15 heavy (non-hydrogen) atoms. The van der Waals surface area contributed by atoms with E-state index in [4.69, 9.17) is 32.0 Å². The van der Waals surface area contributed by atoms with E-state index in [0.717, 1.165) is 0 Å². The molecule has 0 aliphatic heterocycles. The summed E-state index contributed by atoms with van der Waals surface area (Å²) in [5.41, 5.74) is 0.698. The van der Waals surface area contributed by atoms with Gasteiger partial charge in [0.2, 0.25) is 0 Å². The van der Waals surface area contributed by atoms with E-state index in [0.29, 0.717) is 10.5 Å². The van der Waals surface area contributed by atoms with Gasteiger partial charge in [0, 0.05) is 0 Å². The van der Waals surface area contributed by atoms with Crippen molar-refractivity contribution in [2.24, 2.45) is 0 Å². The van der Waals surface area contributed by atoms with E-state index in [1.165, 1.54) is 12.1 Å². The SMILES string of the molecule is O=[As](O)(O)c1ccc(Cl)c2[nH]c(=S)[nH]c12. The van der Waals surface area contributed by atoms with Crippen molar-refractivity contribution in [3.63, 3.8) is 0 Å². The molecule has 0 saturated heterocycles. The number of aromatic amines is 2. The molecule has 0 amide bonds. The maximum absolute atomic E-state index is 11.2. The molecule has 1 heterocycles. The van der Waals surface area contributed by atoms with Crippen molar-refractivity contribution >= 4 is 53.4 Å². The Morgan fingerprint density at radius 2 is 1.87 bits per heavy atom. The maximum atomic E-state index is 11.2. The quantitative estimate of drug-likeness (QED) is 0.455. The molecule has 1 aromatic carbocycles. The standard InChI is InChI=1S/C7H6AsClN2O3S/c9-4-2-1-3(8(12,13)14)5-6(4)11-7(15)10-5/h1-2H,(H2,10,11,15)(H2,12,13,14). The van der Waals surface area contributed by atoms with E-state index in [-0.39, 0.29) is 14.6 Å². The van der Waals surface area contributed by atoms with Gasteiger partial charge in [-0.15, -0.1) is 0 Å². The molecule has 0 spiro atoms. The second kappa shape index (κ2) is 3.50. The number of halogens is 1. The number of rotatable bonds is 1. The third-order valence-electron chi connectivity index (χ3n) is 1.92. The van der Waals surface area contributed by atoms with Crippen LogP contribution in [0.15, 0.2) is 12.1 Å². The molecule has 0 unspecified atom stereocenters. The van der Waals surface area contributed by atoms with Gasteiger partial charge in [-0.25, -0.2) is 0 Å². The van der Waals surface area contributed by atoms with Crippen LogP contribution < -0.4 is 4.35 Å². The van der Waals surface area contributed by atoms with E-state index >= 15 is 0 Å². The second-order valence-electron chi connectivity index (χ2n) is 2.94. The number of imidazole rings is 1. The number of benzene rings is 1. The Kier molecular flexibility index (Phi) is 2.56. The van der Waals surface area contributed by atoms with Crippen molar-refractivity contribution < 1.29 is 11.9 Å². The Bertz CT molecular complexity index is 629. The molecular weight excluding hydrogens is 303 g/mol. The summed E-state index contributed by atoms with van der Waals surface area (Å²) in [6.45, 7) is 0. The number of H-pyrrole nitrogens is 2. The van der Waals surface area contributed by atoms with E-state index in [2.05, 4.69) is 9.97 Å². The molecule has 0 bridgehead atoms. The molecule has 2 aromatic rings. The average Bonchev–Trinajstić information content (AvgIpc) is 2.45. The molecule has 0 aliphatic rings. The fourth-order valence-electron chi connectivity index (χ4n) is 1.32. The van der Waals surface area contributed by atoms with Gasteiger partial charge < -0.3 is 0 Å². The fourth-order valence-corrected chi connectivity index (χ4v) is 3.25. The summed E-state index contributed by atoms with van der Waals surface area (Å²) in [4.78, 5) is 5.41. The zero-order chi connectivity index (χ0) is 11.2. The molecule has 1 aromatic heterocycles. The van der Waals surface area contributed by atoms with Crippen LogP contribution in [0.4, 0.5) is 0 Å². The van der Waals surface area contributed by atoms with Crippen LogP contribution in [0.2, 0.25) is 5.02 Å². The van der Waals surface area contributed by atoms with Gasteiger partial charge >= 0.3 is 97.2 Å². The first-order valence-electron chi connectivity index (χ1n) is 3.86. The van der Waals surface area contributed by atoms with Gasteiger partial charge in [0.25, 0.3) is 0 Å². The molecule has 4 N–H and O–H groups in total. The van der Waals surface area contributed by atoms with Crippen molar-refractivity contribution in [1.82, 2.24) is 9.97 Å². The van der Waals surface area contributed by atoms with Crippen molar-refractivity contribution in [2.45, 2.75) is 0 Å². The van der Waals surface area contributed by atoms with Crippen molar-refractivity contribution in [3.8, 4) is 0 Å². The van der Waals surface area contributed by atoms with Crippen molar-refractivity contribution in [3.05, 3.63) is 21.9 Å². The van der Waals surface area contributed by atoms with Crippen LogP contribution in [-0.2, 0) is 3.74 Å². The van der Waals surface area contributed by atoms with Crippen LogP contribution in [0, 0.1) is 4.77 Å². The van der Waals surface area contributed by atoms with Crippen LogP contribution in [-0.4, -0.2) is 32.3 Å². The molecule has 0 radical (unpaired) electrons. The normalized spacial score (nSPS) is 12.2. The van der Waals surface area contributed by atoms with Crippen LogP contribution in [0.5, 0.6) is 0 Å². The van der Waals surface area contributed by atoms with Crippen LogP contribution in [0.25, 0.3) is 11.0 Å². The number of hydrogen-bond donors (Lipinski definition) is 4. The van der Waals surface area contributed by atoms with Gasteiger partial charge in [-0.1, -0.05) is 0 Å². The fraction of sp³-hybridized carbons (Fsp3) is 0. The van der Waals surface area contributed by atoms with Crippen molar-refractivity contribution in [1.29, 1.82) is 0 Å².